The van der Waals surface area contributed by atoms with Gasteiger partial charge in [0.25, 0.3) is 0 Å². The van der Waals surface area contributed by atoms with Crippen LogP contribution in [0.2, 0.25) is 0 Å². The lowest BCUT2D eigenvalue weighted by Crippen LogP contribution is -2.43. The maximum Gasteiger partial charge on any atom is 0.142 e. The number of fused-ring (bicyclic) bond motifs is 1. The van der Waals surface area contributed by atoms with Crippen LogP contribution >= 0.6 is 0 Å². The van der Waals surface area contributed by atoms with Crippen LogP contribution in [0.15, 0.2) is 59.5 Å². The fourth-order valence-electron chi connectivity index (χ4n) is 3.84. The van der Waals surface area contributed by atoms with Crippen LogP contribution in [-0.4, -0.2) is 44.0 Å². The molecule has 0 radical (unpaired) electrons. The minimum absolute atomic E-state index is 0.237. The smallest absolute Gasteiger partial charge is 0.142 e. The van der Waals surface area contributed by atoms with E-state index in [0.717, 1.165) is 58.8 Å². The Labute approximate surface area is 178 Å². The molecule has 0 spiro atoms. The summed E-state index contributed by atoms with van der Waals surface area (Å²) in [6.45, 7) is 4.18. The number of piperazine rings is 1. The molecule has 0 aromatic heterocycles. The van der Waals surface area contributed by atoms with Crippen molar-refractivity contribution < 1.29 is 13.3 Å². The van der Waals surface area contributed by atoms with Gasteiger partial charge in [-0.15, -0.1) is 0 Å². The van der Waals surface area contributed by atoms with Crippen molar-refractivity contribution in [3.05, 3.63) is 66.0 Å². The molecule has 0 amide bonds. The molecule has 2 N–H and O–H groups in total. The van der Waals surface area contributed by atoms with Gasteiger partial charge in [0.2, 0.25) is 0 Å². The maximum atomic E-state index is 13.5. The Morgan fingerprint density at radius 1 is 1.13 bits per heavy atom. The highest BCUT2D eigenvalue weighted by atomic mass is 32.2. The molecular formula is C23H26FN3O2S. The van der Waals surface area contributed by atoms with Gasteiger partial charge >= 0.3 is 0 Å². The fourth-order valence-corrected chi connectivity index (χ4v) is 4.70. The van der Waals surface area contributed by atoms with Gasteiger partial charge in [0.05, 0.1) is 17.7 Å². The van der Waals surface area contributed by atoms with Gasteiger partial charge in [-0.3, -0.25) is 0 Å². The normalized spacial score (nSPS) is 15.3. The minimum atomic E-state index is -1.33. The lowest BCUT2D eigenvalue weighted by Gasteiger charge is -2.30. The lowest BCUT2D eigenvalue weighted by atomic mass is 10.0. The first-order valence-electron chi connectivity index (χ1n) is 10.1. The van der Waals surface area contributed by atoms with Crippen molar-refractivity contribution in [3.8, 4) is 5.75 Å². The Balaban J connectivity index is 1.44. The topological polar surface area (TPSA) is 53.6 Å². The Morgan fingerprint density at radius 2 is 1.97 bits per heavy atom. The molecule has 0 aliphatic carbocycles. The predicted octanol–water partition coefficient (Wildman–Crippen LogP) is 3.25. The van der Waals surface area contributed by atoms with E-state index in [1.54, 1.807) is 19.2 Å². The highest BCUT2D eigenvalue weighted by Gasteiger charge is 2.17. The monoisotopic (exact) mass is 427 g/mol. The van der Waals surface area contributed by atoms with Crippen LogP contribution in [0.3, 0.4) is 0 Å². The van der Waals surface area contributed by atoms with Gasteiger partial charge in [0.1, 0.15) is 22.6 Å². The summed E-state index contributed by atoms with van der Waals surface area (Å²) in [4.78, 5) is 2.98. The zero-order chi connectivity index (χ0) is 20.9. The molecule has 1 atom stereocenters. The predicted molar refractivity (Wildman–Crippen MR) is 120 cm³/mol. The summed E-state index contributed by atoms with van der Waals surface area (Å²) in [5, 5.41) is 5.25. The van der Waals surface area contributed by atoms with Gasteiger partial charge in [-0.1, -0.05) is 24.3 Å². The number of halogens is 1. The highest BCUT2D eigenvalue weighted by Crippen LogP contribution is 2.30. The number of rotatable bonds is 7. The van der Waals surface area contributed by atoms with Crippen LogP contribution < -0.4 is 19.7 Å². The van der Waals surface area contributed by atoms with Crippen molar-refractivity contribution in [3.63, 3.8) is 0 Å². The number of benzene rings is 3. The standard InChI is InChI=1S/C23H26FN3O2S/c1-29-23-8-6-20(16-22(23)27-13-11-25-12-14-27)30(28)26-10-9-17-3-2-4-18-15-19(24)5-7-21(17)18/h2-8,15-16,25-26H,9-14H2,1H3. The van der Waals surface area contributed by atoms with Crippen molar-refractivity contribution >= 4 is 27.4 Å². The Morgan fingerprint density at radius 3 is 2.77 bits per heavy atom. The van der Waals surface area contributed by atoms with Crippen molar-refractivity contribution in [1.29, 1.82) is 0 Å². The van der Waals surface area contributed by atoms with Crippen molar-refractivity contribution in [2.75, 3.05) is 44.7 Å². The first-order valence-corrected chi connectivity index (χ1v) is 11.3. The van der Waals surface area contributed by atoms with E-state index in [1.807, 2.05) is 36.4 Å². The van der Waals surface area contributed by atoms with Crippen LogP contribution in [0, 0.1) is 5.82 Å². The van der Waals surface area contributed by atoms with Gasteiger partial charge < -0.3 is 15.0 Å². The number of anilines is 1. The van der Waals surface area contributed by atoms with Crippen LogP contribution in [0.1, 0.15) is 5.56 Å². The fraction of sp³-hybridized carbons (Fsp3) is 0.304. The summed E-state index contributed by atoms with van der Waals surface area (Å²) in [7, 11) is 0.331. The third-order valence-electron chi connectivity index (χ3n) is 5.38. The van der Waals surface area contributed by atoms with Crippen molar-refractivity contribution in [2.45, 2.75) is 11.3 Å². The molecule has 30 heavy (non-hydrogen) atoms. The number of nitrogens with zero attached hydrogens (tertiary/aromatic N) is 1. The molecular weight excluding hydrogens is 401 g/mol. The number of nitrogens with one attached hydrogen (secondary N) is 2. The van der Waals surface area contributed by atoms with Gasteiger partial charge in [-0.25, -0.2) is 13.3 Å². The summed E-state index contributed by atoms with van der Waals surface area (Å²) in [6.07, 6.45) is 0.704. The second kappa shape index (κ2) is 9.55. The summed E-state index contributed by atoms with van der Waals surface area (Å²) in [5.41, 5.74) is 2.08. The zero-order valence-corrected chi connectivity index (χ0v) is 17.8. The molecule has 4 rings (SSSR count). The van der Waals surface area contributed by atoms with Crippen molar-refractivity contribution in [2.24, 2.45) is 0 Å². The molecule has 3 aromatic rings. The van der Waals surface area contributed by atoms with Gasteiger partial charge in [0, 0.05) is 32.7 Å². The summed E-state index contributed by atoms with van der Waals surface area (Å²) >= 11 is 0. The third-order valence-corrected chi connectivity index (χ3v) is 6.53. The molecule has 1 heterocycles. The molecule has 7 heteroatoms. The SMILES string of the molecule is COc1ccc(S(=O)NCCc2cccc3cc(F)ccc23)cc1N1CCNCC1. The molecule has 3 aromatic carbocycles. The van der Waals surface area contributed by atoms with E-state index >= 15 is 0 Å². The molecule has 1 aliphatic rings. The maximum absolute atomic E-state index is 13.5. The van der Waals surface area contributed by atoms with Gasteiger partial charge in [-0.2, -0.15) is 0 Å². The number of hydrogen-bond acceptors (Lipinski definition) is 4. The average molecular weight is 428 g/mol. The van der Waals surface area contributed by atoms with E-state index in [2.05, 4.69) is 14.9 Å². The average Bonchev–Trinajstić information content (AvgIpc) is 2.79. The Hall–Kier alpha value is -2.48. The minimum Gasteiger partial charge on any atom is -0.495 e. The zero-order valence-electron chi connectivity index (χ0n) is 17.0. The summed E-state index contributed by atoms with van der Waals surface area (Å²) in [5.74, 6) is 0.555. The highest BCUT2D eigenvalue weighted by molar-refractivity contribution is 7.83. The molecule has 1 aliphatic heterocycles. The number of ether oxygens (including phenoxy) is 1. The molecule has 158 valence electrons. The molecule has 0 bridgehead atoms. The van der Waals surface area contributed by atoms with E-state index in [-0.39, 0.29) is 5.82 Å². The molecule has 1 unspecified atom stereocenters. The molecule has 0 saturated carbocycles. The number of methoxy groups -OCH3 is 1. The van der Waals surface area contributed by atoms with Crippen LogP contribution in [-0.2, 0) is 17.4 Å². The van der Waals surface area contributed by atoms with Gasteiger partial charge in [-0.05, 0) is 53.1 Å². The molecule has 5 nitrogen and oxygen atoms in total. The van der Waals surface area contributed by atoms with E-state index in [0.29, 0.717) is 13.0 Å². The van der Waals surface area contributed by atoms with E-state index in [1.165, 1.54) is 6.07 Å². The van der Waals surface area contributed by atoms with E-state index < -0.39 is 11.0 Å². The first-order chi connectivity index (χ1) is 14.7. The largest absolute Gasteiger partial charge is 0.495 e. The number of hydrogen-bond donors (Lipinski definition) is 2. The Bertz CT molecular complexity index is 1050. The lowest BCUT2D eigenvalue weighted by molar-refractivity contribution is 0.412. The second-order valence-electron chi connectivity index (χ2n) is 7.27. The van der Waals surface area contributed by atoms with E-state index in [4.69, 9.17) is 4.74 Å². The summed E-state index contributed by atoms with van der Waals surface area (Å²) in [6, 6.07) is 16.4. The van der Waals surface area contributed by atoms with Crippen LogP contribution in [0.5, 0.6) is 5.75 Å². The third kappa shape index (κ3) is 4.64. The quantitative estimate of drug-likeness (QED) is 0.608. The second-order valence-corrected chi connectivity index (χ2v) is 8.56. The Kier molecular flexibility index (Phi) is 6.62. The van der Waals surface area contributed by atoms with Gasteiger partial charge in [0.15, 0.2) is 0 Å². The van der Waals surface area contributed by atoms with E-state index in [9.17, 15) is 8.60 Å². The summed E-state index contributed by atoms with van der Waals surface area (Å²) < 4.78 is 35.0. The molecule has 1 saturated heterocycles. The van der Waals surface area contributed by atoms with Crippen molar-refractivity contribution in [1.82, 2.24) is 10.0 Å². The van der Waals surface area contributed by atoms with Crippen LogP contribution in [0.4, 0.5) is 10.1 Å². The van der Waals surface area contributed by atoms with Crippen LogP contribution in [0.25, 0.3) is 10.8 Å². The first kappa shape index (κ1) is 20.8. The molecule has 1 fully saturated rings.